The van der Waals surface area contributed by atoms with E-state index in [1.54, 1.807) is 12.0 Å². The van der Waals surface area contributed by atoms with Crippen molar-refractivity contribution in [3.63, 3.8) is 0 Å². The summed E-state index contributed by atoms with van der Waals surface area (Å²) in [5.41, 5.74) is 0. The first-order chi connectivity index (χ1) is 9.69. The smallest absolute Gasteiger partial charge is 0.240 e. The predicted octanol–water partition coefficient (Wildman–Crippen LogP) is -1.02. The van der Waals surface area contributed by atoms with Crippen LogP contribution in [-0.4, -0.2) is 75.9 Å². The SMILES string of the molecule is CCOCCN1CCNC(CC(=O)NCCOC)C1=O. The molecule has 1 saturated heterocycles. The van der Waals surface area contributed by atoms with E-state index in [4.69, 9.17) is 9.47 Å². The Kier molecular flexibility index (Phi) is 8.17. The number of piperazine rings is 1. The van der Waals surface area contributed by atoms with Gasteiger partial charge in [-0.05, 0) is 6.92 Å². The van der Waals surface area contributed by atoms with Gasteiger partial charge in [0.15, 0.2) is 0 Å². The maximum absolute atomic E-state index is 12.2. The van der Waals surface area contributed by atoms with Crippen LogP contribution in [0.1, 0.15) is 13.3 Å². The standard InChI is InChI=1S/C13H25N3O4/c1-3-20-9-7-16-6-4-14-11(13(16)18)10-12(17)15-5-8-19-2/h11,14H,3-10H2,1-2H3,(H,15,17). The molecule has 2 amide bonds. The minimum atomic E-state index is -0.437. The normalized spacial score (nSPS) is 19.2. The zero-order valence-corrected chi connectivity index (χ0v) is 12.3. The van der Waals surface area contributed by atoms with Crippen molar-refractivity contribution in [2.45, 2.75) is 19.4 Å². The van der Waals surface area contributed by atoms with Crippen molar-refractivity contribution in [3.05, 3.63) is 0 Å². The number of rotatable bonds is 9. The van der Waals surface area contributed by atoms with Gasteiger partial charge in [-0.15, -0.1) is 0 Å². The average Bonchev–Trinajstić information content (AvgIpc) is 2.43. The van der Waals surface area contributed by atoms with Gasteiger partial charge in [-0.3, -0.25) is 9.59 Å². The van der Waals surface area contributed by atoms with Gasteiger partial charge < -0.3 is 25.0 Å². The van der Waals surface area contributed by atoms with Gasteiger partial charge in [0, 0.05) is 39.9 Å². The van der Waals surface area contributed by atoms with Gasteiger partial charge in [0.1, 0.15) is 0 Å². The van der Waals surface area contributed by atoms with Gasteiger partial charge in [-0.2, -0.15) is 0 Å². The fourth-order valence-electron chi connectivity index (χ4n) is 2.04. The maximum atomic E-state index is 12.2. The Hall–Kier alpha value is -1.18. The van der Waals surface area contributed by atoms with E-state index in [2.05, 4.69) is 10.6 Å². The van der Waals surface area contributed by atoms with Crippen molar-refractivity contribution in [1.29, 1.82) is 0 Å². The molecule has 1 fully saturated rings. The second-order valence-electron chi connectivity index (χ2n) is 4.58. The second kappa shape index (κ2) is 9.68. The van der Waals surface area contributed by atoms with Crippen LogP contribution in [-0.2, 0) is 19.1 Å². The fraction of sp³-hybridized carbons (Fsp3) is 0.846. The molecule has 0 aliphatic carbocycles. The average molecular weight is 287 g/mol. The predicted molar refractivity (Wildman–Crippen MR) is 74.4 cm³/mol. The molecule has 0 bridgehead atoms. The van der Waals surface area contributed by atoms with Crippen LogP contribution in [0.2, 0.25) is 0 Å². The monoisotopic (exact) mass is 287 g/mol. The van der Waals surface area contributed by atoms with E-state index in [1.807, 2.05) is 6.92 Å². The lowest BCUT2D eigenvalue weighted by Gasteiger charge is -2.32. The van der Waals surface area contributed by atoms with Crippen molar-refractivity contribution < 1.29 is 19.1 Å². The van der Waals surface area contributed by atoms with Crippen LogP contribution in [0.15, 0.2) is 0 Å². The third-order valence-corrected chi connectivity index (χ3v) is 3.11. The van der Waals surface area contributed by atoms with E-state index in [0.717, 1.165) is 0 Å². The van der Waals surface area contributed by atoms with Crippen LogP contribution in [0, 0.1) is 0 Å². The first-order valence-electron chi connectivity index (χ1n) is 7.04. The molecule has 1 aliphatic rings. The van der Waals surface area contributed by atoms with Crippen LogP contribution in [0.25, 0.3) is 0 Å². The molecule has 1 aliphatic heterocycles. The van der Waals surface area contributed by atoms with Crippen molar-refractivity contribution in [2.24, 2.45) is 0 Å². The highest BCUT2D eigenvalue weighted by Crippen LogP contribution is 2.05. The molecule has 1 heterocycles. The summed E-state index contributed by atoms with van der Waals surface area (Å²) in [5, 5.41) is 5.81. The van der Waals surface area contributed by atoms with Crippen LogP contribution in [0.5, 0.6) is 0 Å². The Bertz CT molecular complexity index is 312. The molecular formula is C13H25N3O4. The maximum Gasteiger partial charge on any atom is 0.240 e. The van der Waals surface area contributed by atoms with E-state index >= 15 is 0 Å². The number of carbonyl (C=O) groups excluding carboxylic acids is 2. The van der Waals surface area contributed by atoms with E-state index in [0.29, 0.717) is 46.0 Å². The van der Waals surface area contributed by atoms with Crippen molar-refractivity contribution in [3.8, 4) is 0 Å². The Morgan fingerprint density at radius 2 is 2.30 bits per heavy atom. The third-order valence-electron chi connectivity index (χ3n) is 3.11. The molecule has 116 valence electrons. The van der Waals surface area contributed by atoms with Crippen molar-refractivity contribution >= 4 is 11.8 Å². The number of amides is 2. The van der Waals surface area contributed by atoms with Crippen LogP contribution in [0.3, 0.4) is 0 Å². The first kappa shape index (κ1) is 16.9. The third kappa shape index (κ3) is 5.85. The topological polar surface area (TPSA) is 79.9 Å². The highest BCUT2D eigenvalue weighted by atomic mass is 16.5. The summed E-state index contributed by atoms with van der Waals surface area (Å²) in [4.78, 5) is 25.6. The number of nitrogens with one attached hydrogen (secondary N) is 2. The molecule has 1 rings (SSSR count). The minimum absolute atomic E-state index is 0.0298. The lowest BCUT2D eigenvalue weighted by atomic mass is 10.1. The van der Waals surface area contributed by atoms with E-state index < -0.39 is 6.04 Å². The van der Waals surface area contributed by atoms with Crippen molar-refractivity contribution in [2.75, 3.05) is 53.1 Å². The molecule has 0 aromatic heterocycles. The van der Waals surface area contributed by atoms with Gasteiger partial charge in [0.05, 0.1) is 25.7 Å². The molecule has 0 aromatic rings. The number of nitrogens with zero attached hydrogens (tertiary/aromatic N) is 1. The Balaban J connectivity index is 2.33. The van der Waals surface area contributed by atoms with Gasteiger partial charge in [0.25, 0.3) is 0 Å². The molecule has 20 heavy (non-hydrogen) atoms. The summed E-state index contributed by atoms with van der Waals surface area (Å²) in [6, 6.07) is -0.437. The largest absolute Gasteiger partial charge is 0.383 e. The van der Waals surface area contributed by atoms with Crippen LogP contribution >= 0.6 is 0 Å². The van der Waals surface area contributed by atoms with E-state index in [9.17, 15) is 9.59 Å². The molecule has 7 heteroatoms. The van der Waals surface area contributed by atoms with Gasteiger partial charge in [-0.25, -0.2) is 0 Å². The Morgan fingerprint density at radius 1 is 1.50 bits per heavy atom. The summed E-state index contributed by atoms with van der Waals surface area (Å²) in [6.45, 7) is 5.98. The number of hydrogen-bond acceptors (Lipinski definition) is 5. The summed E-state index contributed by atoms with van der Waals surface area (Å²) in [7, 11) is 1.58. The Labute approximate surface area is 120 Å². The summed E-state index contributed by atoms with van der Waals surface area (Å²) >= 11 is 0. The second-order valence-corrected chi connectivity index (χ2v) is 4.58. The molecular weight excluding hydrogens is 262 g/mol. The Morgan fingerprint density at radius 3 is 3.00 bits per heavy atom. The molecule has 1 atom stereocenters. The zero-order chi connectivity index (χ0) is 14.8. The lowest BCUT2D eigenvalue weighted by molar-refractivity contribution is -0.138. The summed E-state index contributed by atoms with van der Waals surface area (Å²) < 4.78 is 10.1. The molecule has 1 unspecified atom stereocenters. The van der Waals surface area contributed by atoms with Crippen molar-refractivity contribution in [1.82, 2.24) is 15.5 Å². The highest BCUT2D eigenvalue weighted by molar-refractivity contribution is 5.88. The van der Waals surface area contributed by atoms with Crippen LogP contribution in [0.4, 0.5) is 0 Å². The first-order valence-corrected chi connectivity index (χ1v) is 7.04. The zero-order valence-electron chi connectivity index (χ0n) is 12.3. The fourth-order valence-corrected chi connectivity index (χ4v) is 2.04. The van der Waals surface area contributed by atoms with Crippen LogP contribution < -0.4 is 10.6 Å². The molecule has 2 N–H and O–H groups in total. The van der Waals surface area contributed by atoms with E-state index in [1.165, 1.54) is 0 Å². The minimum Gasteiger partial charge on any atom is -0.383 e. The van der Waals surface area contributed by atoms with Gasteiger partial charge in [-0.1, -0.05) is 0 Å². The van der Waals surface area contributed by atoms with Gasteiger partial charge >= 0.3 is 0 Å². The summed E-state index contributed by atoms with van der Waals surface area (Å²) in [6.07, 6.45) is 0.160. The molecule has 0 spiro atoms. The lowest BCUT2D eigenvalue weighted by Crippen LogP contribution is -2.56. The molecule has 0 aromatic carbocycles. The number of ether oxygens (including phenoxy) is 2. The van der Waals surface area contributed by atoms with E-state index in [-0.39, 0.29) is 18.2 Å². The number of carbonyl (C=O) groups is 2. The number of hydrogen-bond donors (Lipinski definition) is 2. The summed E-state index contributed by atoms with van der Waals surface area (Å²) in [5.74, 6) is -0.169. The quantitative estimate of drug-likeness (QED) is 0.530. The highest BCUT2D eigenvalue weighted by Gasteiger charge is 2.29. The molecule has 0 saturated carbocycles. The van der Waals surface area contributed by atoms with Gasteiger partial charge in [0.2, 0.25) is 11.8 Å². The molecule has 0 radical (unpaired) electrons. The molecule has 7 nitrogen and oxygen atoms in total. The number of methoxy groups -OCH3 is 1.